The van der Waals surface area contributed by atoms with Gasteiger partial charge in [0, 0.05) is 16.6 Å². The number of halogens is 3. The van der Waals surface area contributed by atoms with Crippen LogP contribution in [-0.4, -0.2) is 31.2 Å². The van der Waals surface area contributed by atoms with E-state index in [1.165, 1.54) is 17.0 Å². The van der Waals surface area contributed by atoms with Gasteiger partial charge in [-0.15, -0.1) is 11.3 Å². The van der Waals surface area contributed by atoms with Crippen LogP contribution in [0.5, 0.6) is 0 Å². The Morgan fingerprint density at radius 2 is 1.75 bits per heavy atom. The number of benzene rings is 2. The maximum atomic E-state index is 12.9. The van der Waals surface area contributed by atoms with Crippen molar-refractivity contribution in [3.05, 3.63) is 71.2 Å². The fourth-order valence-corrected chi connectivity index (χ4v) is 4.32. The quantitative estimate of drug-likeness (QED) is 0.715. The fourth-order valence-electron chi connectivity index (χ4n) is 3.49. The second-order valence-electron chi connectivity index (χ2n) is 6.97. The summed E-state index contributed by atoms with van der Waals surface area (Å²) >= 11 is 1.65. The Kier molecular flexibility index (Phi) is 5.37. The van der Waals surface area contributed by atoms with E-state index in [0.29, 0.717) is 5.69 Å². The predicted octanol–water partition coefficient (Wildman–Crippen LogP) is 3.73. The van der Waals surface area contributed by atoms with E-state index in [-0.39, 0.29) is 0 Å². The maximum absolute atomic E-state index is 12.9. The lowest BCUT2D eigenvalue weighted by atomic mass is 10.1. The highest BCUT2D eigenvalue weighted by atomic mass is 32.1. The van der Waals surface area contributed by atoms with E-state index < -0.39 is 11.7 Å². The second-order valence-corrected chi connectivity index (χ2v) is 7.83. The van der Waals surface area contributed by atoms with Crippen LogP contribution in [0.3, 0.4) is 0 Å². The molecule has 2 heterocycles. The fraction of sp³-hybridized carbons (Fsp3) is 0.286. The first-order valence-corrected chi connectivity index (χ1v) is 10.1. The number of anilines is 1. The van der Waals surface area contributed by atoms with Crippen molar-refractivity contribution in [1.82, 2.24) is 4.98 Å². The number of aromatic nitrogens is 1. The number of thiazole rings is 1. The van der Waals surface area contributed by atoms with Crippen LogP contribution in [-0.2, 0) is 12.7 Å². The van der Waals surface area contributed by atoms with Crippen LogP contribution in [0, 0.1) is 0 Å². The lowest BCUT2D eigenvalue weighted by Gasteiger charge is -2.33. The minimum atomic E-state index is -4.30. The Morgan fingerprint density at radius 1 is 1.00 bits per heavy atom. The lowest BCUT2D eigenvalue weighted by Crippen LogP contribution is -3.13. The van der Waals surface area contributed by atoms with Crippen molar-refractivity contribution in [2.75, 3.05) is 31.1 Å². The molecule has 2 aromatic carbocycles. The largest absolute Gasteiger partial charge is 0.416 e. The van der Waals surface area contributed by atoms with E-state index in [1.54, 1.807) is 17.4 Å². The van der Waals surface area contributed by atoms with Crippen LogP contribution in [0.15, 0.2) is 60.0 Å². The smallest absolute Gasteiger partial charge is 0.360 e. The summed E-state index contributed by atoms with van der Waals surface area (Å²) in [5.74, 6) is 0. The molecule has 7 heteroatoms. The summed E-state index contributed by atoms with van der Waals surface area (Å²) in [4.78, 5) is 8.20. The van der Waals surface area contributed by atoms with E-state index in [0.717, 1.165) is 55.1 Å². The molecule has 1 aliphatic rings. The number of alkyl halides is 3. The van der Waals surface area contributed by atoms with E-state index in [4.69, 9.17) is 4.98 Å². The standard InChI is InChI=1S/C21H20F3N3S/c22-21(23,24)17-7-4-8-19(13-17)27-11-9-26(10-12-27)14-18-15-28-20(25-18)16-5-2-1-3-6-16/h1-8,13,15H,9-12,14H2/p+1. The molecule has 0 saturated carbocycles. The average molecular weight is 404 g/mol. The average Bonchev–Trinajstić information content (AvgIpc) is 3.17. The molecule has 4 rings (SSSR count). The van der Waals surface area contributed by atoms with Gasteiger partial charge >= 0.3 is 6.18 Å². The molecule has 0 atom stereocenters. The molecule has 0 unspecified atom stereocenters. The van der Waals surface area contributed by atoms with Crippen molar-refractivity contribution in [2.45, 2.75) is 12.7 Å². The normalized spacial score (nSPS) is 15.8. The predicted molar refractivity (Wildman–Crippen MR) is 106 cm³/mol. The van der Waals surface area contributed by atoms with Crippen LogP contribution in [0.1, 0.15) is 11.3 Å². The number of nitrogens with zero attached hydrogens (tertiary/aromatic N) is 2. The highest BCUT2D eigenvalue weighted by Crippen LogP contribution is 2.31. The van der Waals surface area contributed by atoms with Crippen molar-refractivity contribution in [3.63, 3.8) is 0 Å². The van der Waals surface area contributed by atoms with Crippen molar-refractivity contribution < 1.29 is 18.1 Å². The van der Waals surface area contributed by atoms with Gasteiger partial charge in [0.25, 0.3) is 0 Å². The molecule has 1 saturated heterocycles. The van der Waals surface area contributed by atoms with Crippen LogP contribution in [0.25, 0.3) is 10.6 Å². The van der Waals surface area contributed by atoms with E-state index in [1.807, 2.05) is 23.1 Å². The first kappa shape index (κ1) is 19.0. The van der Waals surface area contributed by atoms with Crippen molar-refractivity contribution in [2.24, 2.45) is 0 Å². The van der Waals surface area contributed by atoms with E-state index >= 15 is 0 Å². The lowest BCUT2D eigenvalue weighted by molar-refractivity contribution is -0.914. The number of hydrogen-bond acceptors (Lipinski definition) is 3. The van der Waals surface area contributed by atoms with Gasteiger partial charge in [0.05, 0.1) is 31.7 Å². The summed E-state index contributed by atoms with van der Waals surface area (Å²) < 4.78 is 38.8. The molecule has 3 aromatic rings. The zero-order chi connectivity index (χ0) is 19.6. The third-order valence-electron chi connectivity index (χ3n) is 5.01. The van der Waals surface area contributed by atoms with Crippen molar-refractivity contribution >= 4 is 17.0 Å². The molecule has 146 valence electrons. The van der Waals surface area contributed by atoms with Gasteiger partial charge in [-0.1, -0.05) is 36.4 Å². The Hall–Kier alpha value is -2.38. The Bertz CT molecular complexity index is 916. The molecule has 0 radical (unpaired) electrons. The number of rotatable bonds is 4. The third kappa shape index (κ3) is 4.36. The first-order valence-electron chi connectivity index (χ1n) is 9.24. The minimum absolute atomic E-state index is 0.587. The van der Waals surface area contributed by atoms with Crippen LogP contribution >= 0.6 is 11.3 Å². The molecule has 0 spiro atoms. The molecule has 1 aliphatic heterocycles. The molecule has 0 bridgehead atoms. The zero-order valence-electron chi connectivity index (χ0n) is 15.2. The minimum Gasteiger partial charge on any atom is -0.360 e. The topological polar surface area (TPSA) is 20.6 Å². The molecule has 3 nitrogen and oxygen atoms in total. The molecule has 0 aliphatic carbocycles. The summed E-state index contributed by atoms with van der Waals surface area (Å²) in [6.07, 6.45) is -4.30. The molecule has 1 N–H and O–H groups in total. The molecule has 0 amide bonds. The number of nitrogens with one attached hydrogen (secondary N) is 1. The summed E-state index contributed by atoms with van der Waals surface area (Å²) in [6, 6.07) is 15.7. The van der Waals surface area contributed by atoms with Gasteiger partial charge in [0.2, 0.25) is 0 Å². The van der Waals surface area contributed by atoms with Gasteiger partial charge in [0.1, 0.15) is 17.2 Å². The SMILES string of the molecule is FC(F)(F)c1cccc(N2CC[NH+](Cc3csc(-c4ccccc4)n3)CC2)c1. The van der Waals surface area contributed by atoms with Crippen LogP contribution in [0.4, 0.5) is 18.9 Å². The molecular weight excluding hydrogens is 383 g/mol. The molecule has 1 aromatic heterocycles. The van der Waals surface area contributed by atoms with Crippen molar-refractivity contribution in [1.29, 1.82) is 0 Å². The van der Waals surface area contributed by atoms with Gasteiger partial charge in [-0.25, -0.2) is 4.98 Å². The number of piperazine rings is 1. The highest BCUT2D eigenvalue weighted by Gasteiger charge is 2.31. The van der Waals surface area contributed by atoms with Gasteiger partial charge in [-0.2, -0.15) is 13.2 Å². The van der Waals surface area contributed by atoms with Gasteiger partial charge in [-0.05, 0) is 18.2 Å². The Morgan fingerprint density at radius 3 is 2.46 bits per heavy atom. The number of hydrogen-bond donors (Lipinski definition) is 1. The highest BCUT2D eigenvalue weighted by molar-refractivity contribution is 7.13. The molecule has 1 fully saturated rings. The van der Waals surface area contributed by atoms with Gasteiger partial charge in [-0.3, -0.25) is 0 Å². The third-order valence-corrected chi connectivity index (χ3v) is 5.95. The summed E-state index contributed by atoms with van der Waals surface area (Å²) in [7, 11) is 0. The van der Waals surface area contributed by atoms with Gasteiger partial charge in [0.15, 0.2) is 0 Å². The zero-order valence-corrected chi connectivity index (χ0v) is 16.1. The Labute approximate surface area is 166 Å². The summed E-state index contributed by atoms with van der Waals surface area (Å²) in [5.41, 5.74) is 2.26. The second kappa shape index (κ2) is 7.93. The van der Waals surface area contributed by atoms with Crippen LogP contribution in [0.2, 0.25) is 0 Å². The summed E-state index contributed by atoms with van der Waals surface area (Å²) in [5, 5.41) is 3.13. The van der Waals surface area contributed by atoms with E-state index in [9.17, 15) is 13.2 Å². The summed E-state index contributed by atoms with van der Waals surface area (Å²) in [6.45, 7) is 4.10. The van der Waals surface area contributed by atoms with Crippen LogP contribution < -0.4 is 9.80 Å². The first-order chi connectivity index (χ1) is 13.5. The monoisotopic (exact) mass is 404 g/mol. The Balaban J connectivity index is 1.36. The molecular formula is C21H21F3N3S+. The molecule has 28 heavy (non-hydrogen) atoms. The van der Waals surface area contributed by atoms with E-state index in [2.05, 4.69) is 17.5 Å². The van der Waals surface area contributed by atoms with Gasteiger partial charge < -0.3 is 9.80 Å². The maximum Gasteiger partial charge on any atom is 0.416 e. The van der Waals surface area contributed by atoms with Crippen molar-refractivity contribution in [3.8, 4) is 10.6 Å². The number of quaternary nitrogens is 1.